The van der Waals surface area contributed by atoms with Gasteiger partial charge in [-0.15, -0.1) is 11.3 Å². The molecule has 0 radical (unpaired) electrons. The first-order chi connectivity index (χ1) is 14.9. The summed E-state index contributed by atoms with van der Waals surface area (Å²) < 4.78 is 11.9. The van der Waals surface area contributed by atoms with Crippen LogP contribution < -0.4 is 10.1 Å². The lowest BCUT2D eigenvalue weighted by Crippen LogP contribution is -2.30. The van der Waals surface area contributed by atoms with Crippen molar-refractivity contribution in [2.24, 2.45) is 0 Å². The van der Waals surface area contributed by atoms with Gasteiger partial charge < -0.3 is 14.8 Å². The van der Waals surface area contributed by atoms with Gasteiger partial charge in [0.05, 0.1) is 6.61 Å². The Balaban J connectivity index is 1.84. The minimum atomic E-state index is -0.751. The Bertz CT molecular complexity index is 1060. The Kier molecular flexibility index (Phi) is 7.87. The molecule has 2 aromatic carbocycles. The molecule has 1 N–H and O–H groups in total. The molecule has 1 heterocycles. The van der Waals surface area contributed by atoms with Crippen molar-refractivity contribution in [3.8, 4) is 16.9 Å². The lowest BCUT2D eigenvalue weighted by molar-refractivity contribution is -0.122. The zero-order valence-electron chi connectivity index (χ0n) is 17.6. The molecule has 0 spiro atoms. The van der Waals surface area contributed by atoms with Crippen molar-refractivity contribution in [1.82, 2.24) is 0 Å². The number of ether oxygens (including phenoxy) is 2. The molecule has 0 aliphatic carbocycles. The molecular weight excluding hydrogens is 478 g/mol. The van der Waals surface area contributed by atoms with Crippen LogP contribution in [0, 0.1) is 0 Å². The van der Waals surface area contributed by atoms with Gasteiger partial charge >= 0.3 is 5.97 Å². The molecule has 3 aromatic rings. The fourth-order valence-corrected chi connectivity index (χ4v) is 4.34. The molecule has 0 aliphatic heterocycles. The quantitative estimate of drug-likeness (QED) is 0.366. The Morgan fingerprint density at radius 1 is 1.13 bits per heavy atom. The highest BCUT2D eigenvalue weighted by molar-refractivity contribution is 9.10. The highest BCUT2D eigenvalue weighted by Gasteiger charge is 2.25. The lowest BCUT2D eigenvalue weighted by Gasteiger charge is -2.15. The van der Waals surface area contributed by atoms with Crippen molar-refractivity contribution in [1.29, 1.82) is 0 Å². The topological polar surface area (TPSA) is 64.6 Å². The predicted octanol–water partition coefficient (Wildman–Crippen LogP) is 6.32. The highest BCUT2D eigenvalue weighted by atomic mass is 79.9. The number of nitrogens with one attached hydrogen (secondary N) is 1. The van der Waals surface area contributed by atoms with Gasteiger partial charge in [0.25, 0.3) is 5.91 Å². The molecule has 0 bridgehead atoms. The van der Waals surface area contributed by atoms with E-state index in [1.54, 1.807) is 26.0 Å². The molecule has 1 amide bonds. The molecule has 1 aromatic heterocycles. The Morgan fingerprint density at radius 2 is 1.87 bits per heavy atom. The van der Waals surface area contributed by atoms with Crippen molar-refractivity contribution < 1.29 is 19.1 Å². The van der Waals surface area contributed by atoms with E-state index < -0.39 is 12.1 Å². The van der Waals surface area contributed by atoms with Gasteiger partial charge in [-0.05, 0) is 49.6 Å². The summed E-state index contributed by atoms with van der Waals surface area (Å²) in [5.74, 6) is -0.236. The van der Waals surface area contributed by atoms with Crippen LogP contribution in [0.5, 0.6) is 5.75 Å². The van der Waals surface area contributed by atoms with Crippen LogP contribution >= 0.6 is 27.3 Å². The number of thiophene rings is 1. The van der Waals surface area contributed by atoms with Gasteiger partial charge in [-0.25, -0.2) is 4.79 Å². The first-order valence-electron chi connectivity index (χ1n) is 10.0. The maximum atomic E-state index is 12.8. The smallest absolute Gasteiger partial charge is 0.341 e. The molecule has 31 heavy (non-hydrogen) atoms. The Morgan fingerprint density at radius 3 is 2.52 bits per heavy atom. The largest absolute Gasteiger partial charge is 0.481 e. The normalized spacial score (nSPS) is 11.6. The van der Waals surface area contributed by atoms with Gasteiger partial charge in [-0.2, -0.15) is 0 Å². The summed E-state index contributed by atoms with van der Waals surface area (Å²) in [6.45, 7) is 5.76. The second-order valence-electron chi connectivity index (χ2n) is 6.83. The second kappa shape index (κ2) is 10.6. The van der Waals surface area contributed by atoms with Gasteiger partial charge in [0.15, 0.2) is 6.10 Å². The summed E-state index contributed by atoms with van der Waals surface area (Å²) in [7, 11) is 0. The van der Waals surface area contributed by atoms with Crippen LogP contribution in [0.1, 0.15) is 36.7 Å². The lowest BCUT2D eigenvalue weighted by atomic mass is 10.0. The van der Waals surface area contributed by atoms with E-state index in [9.17, 15) is 9.59 Å². The Hall–Kier alpha value is -2.64. The minimum absolute atomic E-state index is 0.249. The SMILES string of the molecule is CCOC(=O)c1c(-c2ccc(CC)cc2)csc1NC(=O)C(C)Oc1cccc(Br)c1. The molecule has 1 unspecified atom stereocenters. The van der Waals surface area contributed by atoms with Crippen LogP contribution in [0.3, 0.4) is 0 Å². The van der Waals surface area contributed by atoms with E-state index in [0.717, 1.165) is 22.0 Å². The number of benzene rings is 2. The summed E-state index contributed by atoms with van der Waals surface area (Å²) in [6.07, 6.45) is 0.185. The van der Waals surface area contributed by atoms with Crippen LogP contribution in [0.4, 0.5) is 5.00 Å². The minimum Gasteiger partial charge on any atom is -0.481 e. The van der Waals surface area contributed by atoms with Gasteiger partial charge in [-0.1, -0.05) is 53.2 Å². The molecular formula is C24H24BrNO4S. The maximum Gasteiger partial charge on any atom is 0.341 e. The first-order valence-corrected chi connectivity index (χ1v) is 11.7. The average molecular weight is 502 g/mol. The Labute approximate surface area is 194 Å². The third-order valence-corrected chi connectivity index (χ3v) is 6.05. The van der Waals surface area contributed by atoms with Crippen molar-refractivity contribution in [2.45, 2.75) is 33.3 Å². The number of aryl methyl sites for hydroxylation is 1. The van der Waals surface area contributed by atoms with Crippen LogP contribution in [-0.4, -0.2) is 24.6 Å². The molecule has 5 nitrogen and oxygen atoms in total. The number of carbonyl (C=O) groups excluding carboxylic acids is 2. The molecule has 0 fully saturated rings. The second-order valence-corrected chi connectivity index (χ2v) is 8.63. The number of hydrogen-bond donors (Lipinski definition) is 1. The number of amides is 1. The summed E-state index contributed by atoms with van der Waals surface area (Å²) in [6, 6.07) is 15.3. The van der Waals surface area contributed by atoms with E-state index in [2.05, 4.69) is 28.2 Å². The van der Waals surface area contributed by atoms with Crippen LogP contribution in [0.2, 0.25) is 0 Å². The van der Waals surface area contributed by atoms with Gasteiger partial charge in [-0.3, -0.25) is 4.79 Å². The van der Waals surface area contributed by atoms with Gasteiger partial charge in [0, 0.05) is 15.4 Å². The van der Waals surface area contributed by atoms with Crippen molar-refractivity contribution in [2.75, 3.05) is 11.9 Å². The molecule has 0 aliphatic rings. The fourth-order valence-electron chi connectivity index (χ4n) is 3.00. The van der Waals surface area contributed by atoms with E-state index >= 15 is 0 Å². The predicted molar refractivity (Wildman–Crippen MR) is 128 cm³/mol. The summed E-state index contributed by atoms with van der Waals surface area (Å²) >= 11 is 4.68. The van der Waals surface area contributed by atoms with Crippen molar-refractivity contribution in [3.63, 3.8) is 0 Å². The summed E-state index contributed by atoms with van der Waals surface area (Å²) in [5.41, 5.74) is 3.21. The van der Waals surface area contributed by atoms with E-state index in [0.29, 0.717) is 16.3 Å². The molecule has 3 rings (SSSR count). The zero-order valence-corrected chi connectivity index (χ0v) is 20.0. The van der Waals surface area contributed by atoms with Crippen molar-refractivity contribution >= 4 is 44.1 Å². The molecule has 1 atom stereocenters. The monoisotopic (exact) mass is 501 g/mol. The van der Waals surface area contributed by atoms with Gasteiger partial charge in [0.1, 0.15) is 16.3 Å². The standard InChI is InChI=1S/C24H24BrNO4S/c1-4-16-9-11-17(12-10-16)20-14-31-23(21(20)24(28)29-5-2)26-22(27)15(3)30-19-8-6-7-18(25)13-19/h6-15H,4-5H2,1-3H3,(H,26,27). The summed E-state index contributed by atoms with van der Waals surface area (Å²) in [5, 5.41) is 5.15. The highest BCUT2D eigenvalue weighted by Crippen LogP contribution is 2.36. The maximum absolute atomic E-state index is 12.8. The van der Waals surface area contributed by atoms with Crippen LogP contribution in [-0.2, 0) is 16.0 Å². The molecule has 7 heteroatoms. The first kappa shape index (κ1) is 23.0. The number of rotatable bonds is 8. The number of anilines is 1. The number of esters is 1. The fraction of sp³-hybridized carbons (Fsp3) is 0.250. The third-order valence-electron chi connectivity index (χ3n) is 4.66. The van der Waals surface area contributed by atoms with E-state index in [-0.39, 0.29) is 12.5 Å². The van der Waals surface area contributed by atoms with Crippen LogP contribution in [0.15, 0.2) is 58.4 Å². The van der Waals surface area contributed by atoms with E-state index in [1.165, 1.54) is 16.9 Å². The number of carbonyl (C=O) groups is 2. The summed E-state index contributed by atoms with van der Waals surface area (Å²) in [4.78, 5) is 25.5. The average Bonchev–Trinajstić information content (AvgIpc) is 3.17. The van der Waals surface area contributed by atoms with Crippen molar-refractivity contribution in [3.05, 3.63) is 69.5 Å². The number of halogens is 1. The number of hydrogen-bond acceptors (Lipinski definition) is 5. The molecule has 0 saturated heterocycles. The molecule has 0 saturated carbocycles. The van der Waals surface area contributed by atoms with E-state index in [1.807, 2.05) is 41.8 Å². The van der Waals surface area contributed by atoms with E-state index in [4.69, 9.17) is 9.47 Å². The third kappa shape index (κ3) is 5.74. The van der Waals surface area contributed by atoms with Gasteiger partial charge in [0.2, 0.25) is 0 Å². The molecule has 162 valence electrons. The zero-order chi connectivity index (χ0) is 22.4. The van der Waals surface area contributed by atoms with Crippen LogP contribution in [0.25, 0.3) is 11.1 Å².